The summed E-state index contributed by atoms with van der Waals surface area (Å²) >= 11 is 3.42. The van der Waals surface area contributed by atoms with Gasteiger partial charge in [-0.1, -0.05) is 15.9 Å². The lowest BCUT2D eigenvalue weighted by molar-refractivity contribution is 0.0920. The molecule has 0 bridgehead atoms. The first-order valence-corrected chi connectivity index (χ1v) is 6.92. The Labute approximate surface area is 119 Å². The zero-order chi connectivity index (χ0) is 14.0. The quantitative estimate of drug-likeness (QED) is 0.908. The van der Waals surface area contributed by atoms with Crippen LogP contribution >= 0.6 is 15.9 Å². The van der Waals surface area contributed by atoms with E-state index >= 15 is 0 Å². The minimum Gasteiger partial charge on any atom is -0.451 e. The van der Waals surface area contributed by atoms with Gasteiger partial charge in [-0.2, -0.15) is 0 Å². The van der Waals surface area contributed by atoms with E-state index in [1.165, 1.54) is 0 Å². The summed E-state index contributed by atoms with van der Waals surface area (Å²) in [5.41, 5.74) is 1.70. The predicted molar refractivity (Wildman–Crippen MR) is 77.3 cm³/mol. The van der Waals surface area contributed by atoms with E-state index < -0.39 is 6.10 Å². The Hall–Kier alpha value is -1.33. The van der Waals surface area contributed by atoms with Crippen molar-refractivity contribution >= 4 is 32.8 Å². The molecule has 0 fully saturated rings. The second-order valence-electron chi connectivity index (χ2n) is 4.65. The summed E-state index contributed by atoms with van der Waals surface area (Å²) in [6.45, 7) is 4.05. The summed E-state index contributed by atoms with van der Waals surface area (Å²) in [6.07, 6.45) is 0.102. The van der Waals surface area contributed by atoms with Gasteiger partial charge in [-0.25, -0.2) is 0 Å². The highest BCUT2D eigenvalue weighted by Crippen LogP contribution is 2.26. The van der Waals surface area contributed by atoms with Gasteiger partial charge in [0.05, 0.1) is 6.10 Å². The topological polar surface area (TPSA) is 62.5 Å². The van der Waals surface area contributed by atoms with Gasteiger partial charge in [-0.3, -0.25) is 4.79 Å². The average molecular weight is 326 g/mol. The average Bonchev–Trinajstić information content (AvgIpc) is 2.72. The highest BCUT2D eigenvalue weighted by molar-refractivity contribution is 9.10. The number of fused-ring (bicyclic) bond motifs is 1. The molecule has 19 heavy (non-hydrogen) atoms. The lowest BCUT2D eigenvalue weighted by Crippen LogP contribution is -2.26. The fourth-order valence-electron chi connectivity index (χ4n) is 1.88. The third-order valence-electron chi connectivity index (χ3n) is 2.84. The third-order valence-corrected chi connectivity index (χ3v) is 3.30. The van der Waals surface area contributed by atoms with Crippen LogP contribution in [0.15, 0.2) is 27.1 Å². The van der Waals surface area contributed by atoms with E-state index in [0.29, 0.717) is 18.7 Å². The van der Waals surface area contributed by atoms with Gasteiger partial charge in [-0.15, -0.1) is 0 Å². The molecule has 2 rings (SSSR count). The van der Waals surface area contributed by atoms with E-state index in [1.54, 1.807) is 13.0 Å². The van der Waals surface area contributed by atoms with Crippen LogP contribution in [0.2, 0.25) is 0 Å². The number of aryl methyl sites for hydroxylation is 1. The fraction of sp³-hybridized carbons (Fsp3) is 0.357. The summed E-state index contributed by atoms with van der Waals surface area (Å²) in [4.78, 5) is 11.9. The van der Waals surface area contributed by atoms with Crippen molar-refractivity contribution in [3.8, 4) is 0 Å². The minimum absolute atomic E-state index is 0.257. The summed E-state index contributed by atoms with van der Waals surface area (Å²) in [7, 11) is 0. The Morgan fingerprint density at radius 1 is 1.47 bits per heavy atom. The Morgan fingerprint density at radius 3 is 2.89 bits per heavy atom. The molecule has 0 aliphatic heterocycles. The van der Waals surface area contributed by atoms with E-state index in [4.69, 9.17) is 9.52 Å². The molecule has 0 saturated carbocycles. The second-order valence-corrected chi connectivity index (χ2v) is 5.56. The highest BCUT2D eigenvalue weighted by Gasteiger charge is 2.13. The lowest BCUT2D eigenvalue weighted by Gasteiger charge is -2.04. The van der Waals surface area contributed by atoms with Crippen LogP contribution in [0.1, 0.15) is 29.5 Å². The van der Waals surface area contributed by atoms with E-state index in [-0.39, 0.29) is 5.91 Å². The molecule has 5 heteroatoms. The number of halogens is 1. The maximum absolute atomic E-state index is 11.9. The standard InChI is InChI=1S/C14H16BrNO3/c1-8-5-11(15)6-10-7-12(19-13(8)10)14(18)16-4-3-9(2)17/h5-7,9,17H,3-4H2,1-2H3,(H,16,18). The number of carbonyl (C=O) groups excluding carboxylic acids is 1. The Balaban J connectivity index is 2.17. The van der Waals surface area contributed by atoms with Gasteiger partial charge >= 0.3 is 0 Å². The van der Waals surface area contributed by atoms with Gasteiger partial charge in [-0.05, 0) is 44.0 Å². The van der Waals surface area contributed by atoms with Gasteiger partial charge in [0.2, 0.25) is 0 Å². The molecule has 102 valence electrons. The molecule has 0 aliphatic carbocycles. The number of amides is 1. The molecule has 1 aromatic heterocycles. The summed E-state index contributed by atoms with van der Waals surface area (Å²) in [5.74, 6) is 0.0363. The summed E-state index contributed by atoms with van der Waals surface area (Å²) in [6, 6.07) is 5.59. The van der Waals surface area contributed by atoms with Crippen molar-refractivity contribution in [3.05, 3.63) is 34.0 Å². The number of hydrogen-bond acceptors (Lipinski definition) is 3. The van der Waals surface area contributed by atoms with E-state index in [9.17, 15) is 4.79 Å². The second kappa shape index (κ2) is 5.75. The van der Waals surface area contributed by atoms with Crippen molar-refractivity contribution in [2.24, 2.45) is 0 Å². The monoisotopic (exact) mass is 325 g/mol. The van der Waals surface area contributed by atoms with Crippen molar-refractivity contribution in [3.63, 3.8) is 0 Å². The molecule has 1 aromatic carbocycles. The summed E-state index contributed by atoms with van der Waals surface area (Å²) < 4.78 is 6.54. The van der Waals surface area contributed by atoms with Crippen molar-refractivity contribution in [1.29, 1.82) is 0 Å². The van der Waals surface area contributed by atoms with Crippen molar-refractivity contribution in [1.82, 2.24) is 5.32 Å². The Morgan fingerprint density at radius 2 is 2.21 bits per heavy atom. The van der Waals surface area contributed by atoms with E-state index in [0.717, 1.165) is 21.0 Å². The van der Waals surface area contributed by atoms with Crippen LogP contribution < -0.4 is 5.32 Å². The van der Waals surface area contributed by atoms with Crippen LogP contribution in [-0.4, -0.2) is 23.7 Å². The molecule has 1 heterocycles. The number of aliphatic hydroxyl groups excluding tert-OH is 1. The molecule has 2 aromatic rings. The maximum atomic E-state index is 11.9. The molecule has 0 aliphatic rings. The van der Waals surface area contributed by atoms with Crippen LogP contribution in [0, 0.1) is 6.92 Å². The van der Waals surface area contributed by atoms with Crippen molar-refractivity contribution in [2.45, 2.75) is 26.4 Å². The molecular formula is C14H16BrNO3. The smallest absolute Gasteiger partial charge is 0.287 e. The predicted octanol–water partition coefficient (Wildman–Crippen LogP) is 3.00. The number of carbonyl (C=O) groups is 1. The van der Waals surface area contributed by atoms with Crippen LogP contribution in [0.4, 0.5) is 0 Å². The molecule has 2 N–H and O–H groups in total. The van der Waals surface area contributed by atoms with Crippen LogP contribution in [0.25, 0.3) is 11.0 Å². The minimum atomic E-state index is -0.422. The Bertz CT molecular complexity index is 604. The van der Waals surface area contributed by atoms with Crippen LogP contribution in [0.5, 0.6) is 0 Å². The van der Waals surface area contributed by atoms with Crippen LogP contribution in [-0.2, 0) is 0 Å². The van der Waals surface area contributed by atoms with Gasteiger partial charge in [0.1, 0.15) is 5.58 Å². The van der Waals surface area contributed by atoms with Crippen molar-refractivity contribution in [2.75, 3.05) is 6.54 Å². The summed E-state index contributed by atoms with van der Waals surface area (Å²) in [5, 5.41) is 12.8. The van der Waals surface area contributed by atoms with Crippen LogP contribution in [0.3, 0.4) is 0 Å². The van der Waals surface area contributed by atoms with Crippen molar-refractivity contribution < 1.29 is 14.3 Å². The Kier molecular flexibility index (Phi) is 4.27. The fourth-order valence-corrected chi connectivity index (χ4v) is 2.47. The number of rotatable bonds is 4. The molecule has 1 amide bonds. The zero-order valence-corrected chi connectivity index (χ0v) is 12.5. The molecule has 4 nitrogen and oxygen atoms in total. The molecular weight excluding hydrogens is 310 g/mol. The molecule has 1 atom stereocenters. The number of nitrogens with one attached hydrogen (secondary N) is 1. The molecule has 0 spiro atoms. The maximum Gasteiger partial charge on any atom is 0.287 e. The van der Waals surface area contributed by atoms with Gasteiger partial charge in [0.15, 0.2) is 5.76 Å². The van der Waals surface area contributed by atoms with Gasteiger partial charge in [0.25, 0.3) is 5.91 Å². The first kappa shape index (κ1) is 14.1. The largest absolute Gasteiger partial charge is 0.451 e. The lowest BCUT2D eigenvalue weighted by atomic mass is 10.2. The first-order valence-electron chi connectivity index (χ1n) is 6.13. The van der Waals surface area contributed by atoms with Gasteiger partial charge in [0, 0.05) is 16.4 Å². The van der Waals surface area contributed by atoms with E-state index in [1.807, 2.05) is 19.1 Å². The zero-order valence-electron chi connectivity index (χ0n) is 10.9. The van der Waals surface area contributed by atoms with E-state index in [2.05, 4.69) is 21.2 Å². The molecule has 0 radical (unpaired) electrons. The number of aliphatic hydroxyl groups is 1. The SMILES string of the molecule is Cc1cc(Br)cc2cc(C(=O)NCCC(C)O)oc12. The third kappa shape index (κ3) is 3.36. The van der Waals surface area contributed by atoms with Gasteiger partial charge < -0.3 is 14.8 Å². The normalized spacial score (nSPS) is 12.6. The number of furan rings is 1. The number of benzene rings is 1. The number of hydrogen-bond donors (Lipinski definition) is 2. The molecule has 1 unspecified atom stereocenters. The highest BCUT2D eigenvalue weighted by atomic mass is 79.9. The first-order chi connectivity index (χ1) is 8.97. The molecule has 0 saturated heterocycles.